The molecule has 0 spiro atoms. The Bertz CT molecular complexity index is 663. The molecule has 26 heavy (non-hydrogen) atoms. The van der Waals surface area contributed by atoms with Gasteiger partial charge in [0.2, 0.25) is 0 Å². The molecular formula is C23H35NO2. The zero-order valence-electron chi connectivity index (χ0n) is 16.9. The summed E-state index contributed by atoms with van der Waals surface area (Å²) in [6, 6.07) is 0. The molecule has 5 unspecified atom stereocenters. The van der Waals surface area contributed by atoms with Crippen LogP contribution in [0, 0.1) is 34.0 Å². The molecule has 0 aromatic heterocycles. The summed E-state index contributed by atoms with van der Waals surface area (Å²) in [6.07, 6.45) is 15.7. The number of rotatable bonds is 2. The smallest absolute Gasteiger partial charge is 0.323 e. The predicted octanol–water partition coefficient (Wildman–Crippen LogP) is 5.44. The molecule has 0 saturated heterocycles. The van der Waals surface area contributed by atoms with Crippen molar-refractivity contribution in [2.24, 2.45) is 34.0 Å². The van der Waals surface area contributed by atoms with Gasteiger partial charge in [0.15, 0.2) is 0 Å². The van der Waals surface area contributed by atoms with Crippen LogP contribution < -0.4 is 0 Å². The van der Waals surface area contributed by atoms with E-state index in [0.29, 0.717) is 22.2 Å². The average molecular weight is 358 g/mol. The van der Waals surface area contributed by atoms with Crippen molar-refractivity contribution in [3.63, 3.8) is 0 Å². The summed E-state index contributed by atoms with van der Waals surface area (Å²) < 4.78 is 0. The molecule has 144 valence electrons. The summed E-state index contributed by atoms with van der Waals surface area (Å²) in [7, 11) is 0. The van der Waals surface area contributed by atoms with Gasteiger partial charge in [-0.2, -0.15) is 0 Å². The van der Waals surface area contributed by atoms with E-state index in [9.17, 15) is 4.79 Å². The lowest BCUT2D eigenvalue weighted by molar-refractivity contribution is -0.148. The molecule has 3 nitrogen and oxygen atoms in total. The van der Waals surface area contributed by atoms with E-state index in [1.165, 1.54) is 44.1 Å². The molecule has 4 aliphatic rings. The number of hydrogen-bond acceptors (Lipinski definition) is 2. The van der Waals surface area contributed by atoms with E-state index in [4.69, 9.17) is 5.11 Å². The molecule has 3 saturated carbocycles. The van der Waals surface area contributed by atoms with Gasteiger partial charge in [0, 0.05) is 18.3 Å². The van der Waals surface area contributed by atoms with E-state index >= 15 is 0 Å². The predicted molar refractivity (Wildman–Crippen MR) is 104 cm³/mol. The van der Waals surface area contributed by atoms with Gasteiger partial charge in [-0.1, -0.05) is 40.2 Å². The second-order valence-electron chi connectivity index (χ2n) is 10.6. The lowest BCUT2D eigenvalue weighted by Gasteiger charge is -2.66. The van der Waals surface area contributed by atoms with Crippen molar-refractivity contribution < 1.29 is 9.90 Å². The topological polar surface area (TPSA) is 40.5 Å². The highest BCUT2D eigenvalue weighted by Gasteiger charge is 2.61. The molecule has 4 rings (SSSR count). The van der Waals surface area contributed by atoms with Crippen molar-refractivity contribution >= 4 is 5.97 Å². The molecule has 0 aromatic carbocycles. The molecule has 1 N–H and O–H groups in total. The van der Waals surface area contributed by atoms with Gasteiger partial charge in [-0.25, -0.2) is 0 Å². The highest BCUT2D eigenvalue weighted by Crippen LogP contribution is 2.69. The highest BCUT2D eigenvalue weighted by atomic mass is 16.4. The van der Waals surface area contributed by atoms with Gasteiger partial charge < -0.3 is 10.0 Å². The Labute approximate surface area is 158 Å². The lowest BCUT2D eigenvalue weighted by Crippen LogP contribution is -2.58. The third-order valence-electron chi connectivity index (χ3n) is 8.79. The number of carboxylic acids is 1. The SMILES string of the molecule is CC1(C)CCCC2(C)C1CCC1(C)C3C=CN(CC(=O)O)C=C3CCC12. The third kappa shape index (κ3) is 2.57. The molecule has 0 aromatic rings. The zero-order valence-corrected chi connectivity index (χ0v) is 16.9. The molecule has 5 atom stereocenters. The number of carboxylic acid groups (broad SMARTS) is 1. The molecule has 1 heterocycles. The lowest BCUT2D eigenvalue weighted by atomic mass is 9.39. The first kappa shape index (κ1) is 18.1. The van der Waals surface area contributed by atoms with Crippen LogP contribution in [0.15, 0.2) is 24.0 Å². The van der Waals surface area contributed by atoms with Crippen LogP contribution in [0.4, 0.5) is 0 Å². The summed E-state index contributed by atoms with van der Waals surface area (Å²) in [5, 5.41) is 9.11. The van der Waals surface area contributed by atoms with Crippen molar-refractivity contribution in [1.29, 1.82) is 0 Å². The van der Waals surface area contributed by atoms with Crippen LogP contribution in [0.2, 0.25) is 0 Å². The number of nitrogens with zero attached hydrogens (tertiary/aromatic N) is 1. The van der Waals surface area contributed by atoms with Crippen LogP contribution in [0.1, 0.15) is 72.6 Å². The fourth-order valence-electron chi connectivity index (χ4n) is 7.80. The van der Waals surface area contributed by atoms with Gasteiger partial charge in [-0.05, 0) is 72.2 Å². The zero-order chi connectivity index (χ0) is 18.7. The van der Waals surface area contributed by atoms with E-state index in [1.54, 1.807) is 0 Å². The standard InChI is InChI=1S/C23H35NO2/c1-21(2)10-5-11-23(4)18(21)8-12-22(3)17-9-13-24(15-20(25)26)14-16(17)6-7-19(22)23/h9,13-14,17-19H,5-8,10-12,15H2,1-4H3,(H,25,26). The minimum Gasteiger partial charge on any atom is -0.480 e. The monoisotopic (exact) mass is 357 g/mol. The van der Waals surface area contributed by atoms with Crippen LogP contribution >= 0.6 is 0 Å². The Morgan fingerprint density at radius 3 is 2.62 bits per heavy atom. The summed E-state index contributed by atoms with van der Waals surface area (Å²) >= 11 is 0. The van der Waals surface area contributed by atoms with Gasteiger partial charge in [-0.15, -0.1) is 0 Å². The molecule has 0 amide bonds. The van der Waals surface area contributed by atoms with Crippen LogP contribution in [-0.2, 0) is 4.79 Å². The fourth-order valence-corrected chi connectivity index (χ4v) is 7.80. The largest absolute Gasteiger partial charge is 0.480 e. The maximum absolute atomic E-state index is 11.1. The van der Waals surface area contributed by atoms with Gasteiger partial charge in [-0.3, -0.25) is 4.79 Å². The van der Waals surface area contributed by atoms with E-state index in [2.05, 4.69) is 40.0 Å². The molecular weight excluding hydrogens is 322 g/mol. The van der Waals surface area contributed by atoms with E-state index < -0.39 is 5.97 Å². The minimum atomic E-state index is -0.762. The molecule has 3 fully saturated rings. The number of aliphatic carboxylic acids is 1. The van der Waals surface area contributed by atoms with Crippen molar-refractivity contribution in [1.82, 2.24) is 4.90 Å². The summed E-state index contributed by atoms with van der Waals surface area (Å²) in [4.78, 5) is 12.9. The Kier molecular flexibility index (Phi) is 4.09. The fraction of sp³-hybridized carbons (Fsp3) is 0.783. The van der Waals surface area contributed by atoms with Crippen molar-refractivity contribution in [3.05, 3.63) is 24.0 Å². The minimum absolute atomic E-state index is 0.0703. The summed E-state index contributed by atoms with van der Waals surface area (Å²) in [5.74, 6) is 1.37. The van der Waals surface area contributed by atoms with Crippen LogP contribution in [0.5, 0.6) is 0 Å². The van der Waals surface area contributed by atoms with Gasteiger partial charge >= 0.3 is 5.97 Å². The van der Waals surface area contributed by atoms with Gasteiger partial charge in [0.1, 0.15) is 6.54 Å². The van der Waals surface area contributed by atoms with Crippen molar-refractivity contribution in [2.75, 3.05) is 6.54 Å². The van der Waals surface area contributed by atoms with Crippen molar-refractivity contribution in [2.45, 2.75) is 72.6 Å². The molecule has 3 aliphatic carbocycles. The van der Waals surface area contributed by atoms with Crippen molar-refractivity contribution in [3.8, 4) is 0 Å². The van der Waals surface area contributed by atoms with E-state index in [-0.39, 0.29) is 6.54 Å². The summed E-state index contributed by atoms with van der Waals surface area (Å²) in [5.41, 5.74) is 2.73. The number of carbonyl (C=O) groups is 1. The molecule has 3 heteroatoms. The van der Waals surface area contributed by atoms with Crippen LogP contribution in [0.25, 0.3) is 0 Å². The molecule has 0 bridgehead atoms. The maximum atomic E-state index is 11.1. The van der Waals surface area contributed by atoms with E-state index in [0.717, 1.165) is 18.3 Å². The number of fused-ring (bicyclic) bond motifs is 5. The second kappa shape index (κ2) is 5.87. The summed E-state index contributed by atoms with van der Waals surface area (Å²) in [6.45, 7) is 10.2. The quantitative estimate of drug-likeness (QED) is 0.715. The normalized spacial score (nSPS) is 43.8. The second-order valence-corrected chi connectivity index (χ2v) is 10.6. The van der Waals surface area contributed by atoms with Gasteiger partial charge in [0.05, 0.1) is 0 Å². The third-order valence-corrected chi connectivity index (χ3v) is 8.79. The average Bonchev–Trinajstić information content (AvgIpc) is 2.52. The Balaban J connectivity index is 1.65. The molecule has 1 aliphatic heterocycles. The highest BCUT2D eigenvalue weighted by molar-refractivity contribution is 5.69. The maximum Gasteiger partial charge on any atom is 0.323 e. The number of allylic oxidation sites excluding steroid dienone is 2. The first-order valence-corrected chi connectivity index (χ1v) is 10.5. The first-order valence-electron chi connectivity index (χ1n) is 10.5. The Hall–Kier alpha value is -1.25. The Morgan fingerprint density at radius 1 is 1.12 bits per heavy atom. The Morgan fingerprint density at radius 2 is 1.88 bits per heavy atom. The molecule has 0 radical (unpaired) electrons. The van der Waals surface area contributed by atoms with Gasteiger partial charge in [0.25, 0.3) is 0 Å². The number of hydrogen-bond donors (Lipinski definition) is 1. The van der Waals surface area contributed by atoms with Crippen LogP contribution in [0.3, 0.4) is 0 Å². The first-order chi connectivity index (χ1) is 12.2. The van der Waals surface area contributed by atoms with E-state index in [1.807, 2.05) is 11.1 Å². The van der Waals surface area contributed by atoms with Crippen LogP contribution in [-0.4, -0.2) is 22.5 Å².